The van der Waals surface area contributed by atoms with Gasteiger partial charge in [0.05, 0.1) is 12.8 Å². The molecule has 5 heteroatoms. The maximum absolute atomic E-state index is 13.1. The minimum Gasteiger partial charge on any atom is -0.494 e. The number of hydrogen-bond donors (Lipinski definition) is 1. The van der Waals surface area contributed by atoms with Gasteiger partial charge in [-0.15, -0.1) is 11.8 Å². The van der Waals surface area contributed by atoms with Gasteiger partial charge in [0.15, 0.2) is 0 Å². The van der Waals surface area contributed by atoms with Crippen LogP contribution in [0.3, 0.4) is 0 Å². The predicted molar refractivity (Wildman–Crippen MR) is 79.1 cm³/mol. The third-order valence-electron chi connectivity index (χ3n) is 2.76. The second-order valence-corrected chi connectivity index (χ2v) is 4.91. The van der Waals surface area contributed by atoms with Gasteiger partial charge in [-0.1, -0.05) is 0 Å². The first-order chi connectivity index (χ1) is 9.63. The number of nitrogens with one attached hydrogen (secondary N) is 1. The van der Waals surface area contributed by atoms with Gasteiger partial charge in [0.1, 0.15) is 11.6 Å². The average molecular weight is 291 g/mol. The van der Waals surface area contributed by atoms with Crippen molar-refractivity contribution < 1.29 is 13.9 Å². The SMILES string of the molecule is COc1cc(F)ccc1NC(=O)c1ccc(SC)cc1. The molecule has 0 spiro atoms. The minimum absolute atomic E-state index is 0.262. The first-order valence-corrected chi connectivity index (χ1v) is 7.15. The van der Waals surface area contributed by atoms with Gasteiger partial charge in [-0.2, -0.15) is 0 Å². The van der Waals surface area contributed by atoms with E-state index in [0.29, 0.717) is 17.0 Å². The number of hydrogen-bond acceptors (Lipinski definition) is 3. The Kier molecular flexibility index (Phi) is 4.63. The van der Waals surface area contributed by atoms with Crippen molar-refractivity contribution in [2.75, 3.05) is 18.7 Å². The largest absolute Gasteiger partial charge is 0.494 e. The molecule has 3 nitrogen and oxygen atoms in total. The van der Waals surface area contributed by atoms with Gasteiger partial charge < -0.3 is 10.1 Å². The van der Waals surface area contributed by atoms with E-state index in [0.717, 1.165) is 4.90 Å². The highest BCUT2D eigenvalue weighted by molar-refractivity contribution is 7.98. The van der Waals surface area contributed by atoms with Crippen LogP contribution in [0.5, 0.6) is 5.75 Å². The number of halogens is 1. The third-order valence-corrected chi connectivity index (χ3v) is 3.51. The lowest BCUT2D eigenvalue weighted by Crippen LogP contribution is -2.12. The van der Waals surface area contributed by atoms with Crippen LogP contribution in [0.1, 0.15) is 10.4 Å². The Morgan fingerprint density at radius 3 is 2.50 bits per heavy atom. The first-order valence-electron chi connectivity index (χ1n) is 5.93. The predicted octanol–water partition coefficient (Wildman–Crippen LogP) is 3.81. The van der Waals surface area contributed by atoms with Crippen molar-refractivity contribution in [3.63, 3.8) is 0 Å². The van der Waals surface area contributed by atoms with E-state index in [9.17, 15) is 9.18 Å². The number of carbonyl (C=O) groups is 1. The Bertz CT molecular complexity index is 614. The van der Waals surface area contributed by atoms with Crippen LogP contribution in [-0.4, -0.2) is 19.3 Å². The Morgan fingerprint density at radius 2 is 1.90 bits per heavy atom. The molecule has 0 aliphatic rings. The number of amides is 1. The van der Waals surface area contributed by atoms with Crippen LogP contribution >= 0.6 is 11.8 Å². The van der Waals surface area contributed by atoms with E-state index in [2.05, 4.69) is 5.32 Å². The number of benzene rings is 2. The zero-order valence-corrected chi connectivity index (χ0v) is 12.0. The zero-order chi connectivity index (χ0) is 14.5. The monoisotopic (exact) mass is 291 g/mol. The molecule has 0 radical (unpaired) electrons. The summed E-state index contributed by atoms with van der Waals surface area (Å²) in [5, 5.41) is 2.71. The number of anilines is 1. The van der Waals surface area contributed by atoms with Crippen LogP contribution in [0, 0.1) is 5.82 Å². The van der Waals surface area contributed by atoms with E-state index in [-0.39, 0.29) is 5.91 Å². The highest BCUT2D eigenvalue weighted by atomic mass is 32.2. The lowest BCUT2D eigenvalue weighted by atomic mass is 10.2. The maximum atomic E-state index is 13.1. The van der Waals surface area contributed by atoms with Gasteiger partial charge >= 0.3 is 0 Å². The van der Waals surface area contributed by atoms with E-state index in [1.165, 1.54) is 25.3 Å². The van der Waals surface area contributed by atoms with Crippen molar-refractivity contribution in [3.05, 3.63) is 53.8 Å². The molecule has 0 saturated carbocycles. The second kappa shape index (κ2) is 6.43. The van der Waals surface area contributed by atoms with E-state index >= 15 is 0 Å². The molecular weight excluding hydrogens is 277 g/mol. The average Bonchev–Trinajstić information content (AvgIpc) is 2.49. The molecule has 0 saturated heterocycles. The molecule has 2 rings (SSSR count). The summed E-state index contributed by atoms with van der Waals surface area (Å²) >= 11 is 1.61. The fourth-order valence-corrected chi connectivity index (χ4v) is 2.11. The van der Waals surface area contributed by atoms with Crippen LogP contribution in [0.15, 0.2) is 47.4 Å². The summed E-state index contributed by atoms with van der Waals surface area (Å²) in [6.45, 7) is 0. The Hall–Kier alpha value is -2.01. The molecule has 0 aromatic heterocycles. The molecule has 20 heavy (non-hydrogen) atoms. The van der Waals surface area contributed by atoms with E-state index in [4.69, 9.17) is 4.74 Å². The summed E-state index contributed by atoms with van der Waals surface area (Å²) < 4.78 is 18.1. The van der Waals surface area contributed by atoms with Crippen LogP contribution in [-0.2, 0) is 0 Å². The van der Waals surface area contributed by atoms with Crippen molar-refractivity contribution in [1.29, 1.82) is 0 Å². The maximum Gasteiger partial charge on any atom is 0.255 e. The molecule has 0 fully saturated rings. The van der Waals surface area contributed by atoms with E-state index in [1.54, 1.807) is 23.9 Å². The summed E-state index contributed by atoms with van der Waals surface area (Å²) in [4.78, 5) is 13.2. The van der Waals surface area contributed by atoms with Gasteiger partial charge in [-0.25, -0.2) is 4.39 Å². The molecule has 1 N–H and O–H groups in total. The summed E-state index contributed by atoms with van der Waals surface area (Å²) in [5.74, 6) is -0.384. The molecule has 0 heterocycles. The molecule has 1 amide bonds. The normalized spacial score (nSPS) is 10.2. The van der Waals surface area contributed by atoms with Crippen molar-refractivity contribution in [2.24, 2.45) is 0 Å². The molecule has 0 atom stereocenters. The van der Waals surface area contributed by atoms with E-state index < -0.39 is 5.82 Å². The highest BCUT2D eigenvalue weighted by Crippen LogP contribution is 2.25. The first kappa shape index (κ1) is 14.4. The van der Waals surface area contributed by atoms with E-state index in [1.807, 2.05) is 18.4 Å². The Morgan fingerprint density at radius 1 is 1.20 bits per heavy atom. The topological polar surface area (TPSA) is 38.3 Å². The lowest BCUT2D eigenvalue weighted by molar-refractivity contribution is 0.102. The highest BCUT2D eigenvalue weighted by Gasteiger charge is 2.10. The molecule has 0 aliphatic carbocycles. The van der Waals surface area contributed by atoms with Crippen LogP contribution in [0.2, 0.25) is 0 Å². The van der Waals surface area contributed by atoms with Gasteiger partial charge in [0.2, 0.25) is 0 Å². The summed E-state index contributed by atoms with van der Waals surface area (Å²) in [6, 6.07) is 11.2. The molecule has 2 aromatic rings. The standard InChI is InChI=1S/C15H14FNO2S/c1-19-14-9-11(16)5-8-13(14)17-15(18)10-3-6-12(20-2)7-4-10/h3-9H,1-2H3,(H,17,18). The van der Waals surface area contributed by atoms with Crippen LogP contribution in [0.4, 0.5) is 10.1 Å². The van der Waals surface area contributed by atoms with Gasteiger partial charge in [0, 0.05) is 16.5 Å². The van der Waals surface area contributed by atoms with Crippen molar-refractivity contribution in [1.82, 2.24) is 0 Å². The van der Waals surface area contributed by atoms with Gasteiger partial charge in [-0.3, -0.25) is 4.79 Å². The number of rotatable bonds is 4. The molecule has 0 unspecified atom stereocenters. The fraction of sp³-hybridized carbons (Fsp3) is 0.133. The number of carbonyl (C=O) groups excluding carboxylic acids is 1. The zero-order valence-electron chi connectivity index (χ0n) is 11.1. The number of thioether (sulfide) groups is 1. The second-order valence-electron chi connectivity index (χ2n) is 4.03. The smallest absolute Gasteiger partial charge is 0.255 e. The van der Waals surface area contributed by atoms with Crippen LogP contribution in [0.25, 0.3) is 0 Å². The summed E-state index contributed by atoms with van der Waals surface area (Å²) in [5.41, 5.74) is 0.974. The molecular formula is C15H14FNO2S. The molecule has 2 aromatic carbocycles. The molecule has 0 aliphatic heterocycles. The molecule has 0 bridgehead atoms. The van der Waals surface area contributed by atoms with Crippen LogP contribution < -0.4 is 10.1 Å². The minimum atomic E-state index is -0.413. The van der Waals surface area contributed by atoms with Crippen molar-refractivity contribution >= 4 is 23.4 Å². The van der Waals surface area contributed by atoms with Gasteiger partial charge in [0.25, 0.3) is 5.91 Å². The lowest BCUT2D eigenvalue weighted by Gasteiger charge is -2.10. The number of ether oxygens (including phenoxy) is 1. The number of methoxy groups -OCH3 is 1. The Balaban J connectivity index is 2.18. The summed E-state index contributed by atoms with van der Waals surface area (Å²) in [7, 11) is 1.43. The molecule has 104 valence electrons. The van der Waals surface area contributed by atoms with Crippen molar-refractivity contribution in [2.45, 2.75) is 4.90 Å². The quantitative estimate of drug-likeness (QED) is 0.871. The van der Waals surface area contributed by atoms with Crippen molar-refractivity contribution in [3.8, 4) is 5.75 Å². The summed E-state index contributed by atoms with van der Waals surface area (Å²) in [6.07, 6.45) is 1.97. The van der Waals surface area contributed by atoms with Gasteiger partial charge in [-0.05, 0) is 42.7 Å². The Labute approximate surface area is 121 Å². The third kappa shape index (κ3) is 3.30. The fourth-order valence-electron chi connectivity index (χ4n) is 1.71.